The Bertz CT molecular complexity index is 199. The molecule has 0 bridgehead atoms. The van der Waals surface area contributed by atoms with E-state index < -0.39 is 0 Å². The topological polar surface area (TPSA) is 0 Å². The van der Waals surface area contributed by atoms with Gasteiger partial charge in [0.1, 0.15) is 0 Å². The van der Waals surface area contributed by atoms with Crippen LogP contribution >= 0.6 is 0 Å². The molecule has 0 aromatic rings. The van der Waals surface area contributed by atoms with E-state index in [4.69, 9.17) is 0 Å². The summed E-state index contributed by atoms with van der Waals surface area (Å²) in [5.41, 5.74) is 0. The van der Waals surface area contributed by atoms with Crippen molar-refractivity contribution in [2.75, 3.05) is 0 Å². The van der Waals surface area contributed by atoms with Crippen molar-refractivity contribution in [3.63, 3.8) is 0 Å². The van der Waals surface area contributed by atoms with Gasteiger partial charge in [-0.3, -0.25) is 0 Å². The fourth-order valence-corrected chi connectivity index (χ4v) is 3.61. The summed E-state index contributed by atoms with van der Waals surface area (Å²) in [6.45, 7) is 6.35. The molecule has 0 spiro atoms. The zero-order chi connectivity index (χ0) is 10.7. The minimum atomic E-state index is 0. The van der Waals surface area contributed by atoms with E-state index in [1.807, 2.05) is 0 Å². The van der Waals surface area contributed by atoms with E-state index in [0.29, 0.717) is 0 Å². The predicted octanol–water partition coefficient (Wildman–Crippen LogP) is 5.30. The molecule has 0 N–H and O–H groups in total. The second kappa shape index (κ2) is 5.18. The van der Waals surface area contributed by atoms with Crippen molar-refractivity contribution < 1.29 is 2.85 Å². The van der Waals surface area contributed by atoms with E-state index in [1.165, 1.54) is 51.4 Å². The first-order valence-electron chi connectivity index (χ1n) is 6.92. The lowest BCUT2D eigenvalue weighted by molar-refractivity contribution is 0.160. The van der Waals surface area contributed by atoms with Crippen molar-refractivity contribution in [1.82, 2.24) is 0 Å². The minimum absolute atomic E-state index is 0. The molecule has 0 aromatic heterocycles. The summed E-state index contributed by atoms with van der Waals surface area (Å²) in [4.78, 5) is 0. The largest absolute Gasteiger partial charge is 0.103 e. The smallest absolute Gasteiger partial charge is 0 e. The fraction of sp³-hybridized carbons (Fsp3) is 0.867. The van der Waals surface area contributed by atoms with Crippen LogP contribution in [0.15, 0.2) is 12.7 Å². The van der Waals surface area contributed by atoms with Gasteiger partial charge in [-0.25, -0.2) is 0 Å². The van der Waals surface area contributed by atoms with E-state index in [0.717, 1.165) is 23.7 Å². The zero-order valence-corrected chi connectivity index (χ0v) is 10.3. The lowest BCUT2D eigenvalue weighted by Gasteiger charge is -2.36. The van der Waals surface area contributed by atoms with Gasteiger partial charge in [-0.1, -0.05) is 25.8 Å². The van der Waals surface area contributed by atoms with Crippen LogP contribution < -0.4 is 0 Å². The first-order chi connectivity index (χ1) is 7.29. The molecule has 0 amide bonds. The number of allylic oxidation sites excluding steroid dienone is 1. The monoisotopic (exact) mass is 210 g/mol. The highest BCUT2D eigenvalue weighted by Gasteiger charge is 2.28. The zero-order valence-electron chi connectivity index (χ0n) is 10.3. The minimum Gasteiger partial charge on any atom is -0.103 e. The molecule has 0 radical (unpaired) electrons. The summed E-state index contributed by atoms with van der Waals surface area (Å²) in [5.74, 6) is 3.98. The van der Waals surface area contributed by atoms with E-state index in [2.05, 4.69) is 19.6 Å². The second-order valence-electron chi connectivity index (χ2n) is 5.93. The summed E-state index contributed by atoms with van der Waals surface area (Å²) >= 11 is 0. The van der Waals surface area contributed by atoms with Crippen LogP contribution in [0.4, 0.5) is 0 Å². The molecule has 0 heteroatoms. The van der Waals surface area contributed by atoms with Crippen LogP contribution in [0.2, 0.25) is 0 Å². The maximum atomic E-state index is 3.93. The van der Waals surface area contributed by atoms with Crippen molar-refractivity contribution in [3.05, 3.63) is 12.7 Å². The van der Waals surface area contributed by atoms with Crippen LogP contribution in [0.1, 0.15) is 61.1 Å². The molecule has 0 aliphatic heterocycles. The molecule has 15 heavy (non-hydrogen) atoms. The number of rotatable bonds is 2. The molecular formula is C15H30. The second-order valence-corrected chi connectivity index (χ2v) is 5.93. The Kier molecular flexibility index (Phi) is 3.88. The van der Waals surface area contributed by atoms with Crippen LogP contribution in [0.3, 0.4) is 0 Å². The molecule has 0 nitrogen and oxygen atoms in total. The average molecular weight is 210 g/mol. The Labute approximate surface area is 98.1 Å². The van der Waals surface area contributed by atoms with Crippen molar-refractivity contribution >= 4 is 0 Å². The maximum Gasteiger partial charge on any atom is 0 e. The molecule has 2 fully saturated rings. The summed E-state index contributed by atoms with van der Waals surface area (Å²) in [5, 5.41) is 0. The normalized spacial score (nSPS) is 42.5. The Morgan fingerprint density at radius 1 is 0.867 bits per heavy atom. The summed E-state index contributed by atoms with van der Waals surface area (Å²) in [6, 6.07) is 0. The quantitative estimate of drug-likeness (QED) is 0.543. The van der Waals surface area contributed by atoms with Gasteiger partial charge in [-0.15, -0.1) is 6.58 Å². The van der Waals surface area contributed by atoms with Gasteiger partial charge in [-0.2, -0.15) is 0 Å². The molecule has 0 aromatic carbocycles. The highest BCUT2D eigenvalue weighted by molar-refractivity contribution is 4.87. The number of hydrogen-bond acceptors (Lipinski definition) is 0. The van der Waals surface area contributed by atoms with Crippen LogP contribution in [-0.4, -0.2) is 0 Å². The van der Waals surface area contributed by atoms with E-state index in [1.54, 1.807) is 0 Å². The van der Waals surface area contributed by atoms with E-state index in [-0.39, 0.29) is 2.85 Å². The predicted molar refractivity (Wildman–Crippen MR) is 71.0 cm³/mol. The first-order valence-corrected chi connectivity index (χ1v) is 6.92. The third kappa shape index (κ3) is 2.86. The Balaban J connectivity index is 0.00000128. The van der Waals surface area contributed by atoms with Gasteiger partial charge >= 0.3 is 0 Å². The van der Waals surface area contributed by atoms with Crippen molar-refractivity contribution in [2.45, 2.75) is 58.3 Å². The summed E-state index contributed by atoms with van der Waals surface area (Å²) < 4.78 is 0. The molecular weight excluding hydrogens is 180 g/mol. The van der Waals surface area contributed by atoms with Crippen molar-refractivity contribution in [2.24, 2.45) is 23.7 Å². The molecule has 2 rings (SSSR count). The van der Waals surface area contributed by atoms with E-state index >= 15 is 0 Å². The molecule has 2 aliphatic carbocycles. The number of hydrogen-bond donors (Lipinski definition) is 0. The average Bonchev–Trinajstić information content (AvgIpc) is 2.30. The molecule has 0 unspecified atom stereocenters. The lowest BCUT2D eigenvalue weighted by atomic mass is 9.69. The SMILES string of the molecule is C=CC1CCC(C2CCC(C)CC2)CC1.[HH].[HH]. The third-order valence-corrected chi connectivity index (χ3v) is 4.88. The molecule has 0 atom stereocenters. The molecule has 0 heterocycles. The summed E-state index contributed by atoms with van der Waals surface area (Å²) in [7, 11) is 0. The van der Waals surface area contributed by atoms with Gasteiger partial charge in [0, 0.05) is 2.85 Å². The maximum absolute atomic E-state index is 3.93. The van der Waals surface area contributed by atoms with Gasteiger partial charge in [0.15, 0.2) is 0 Å². The Morgan fingerprint density at radius 2 is 1.33 bits per heavy atom. The van der Waals surface area contributed by atoms with Gasteiger partial charge in [0.2, 0.25) is 0 Å². The highest BCUT2D eigenvalue weighted by atomic mass is 14.3. The molecule has 90 valence electrons. The molecule has 2 saturated carbocycles. The Hall–Kier alpha value is -0.260. The third-order valence-electron chi connectivity index (χ3n) is 4.88. The van der Waals surface area contributed by atoms with Crippen LogP contribution in [0.25, 0.3) is 0 Å². The van der Waals surface area contributed by atoms with Crippen molar-refractivity contribution in [3.8, 4) is 0 Å². The molecule has 0 saturated heterocycles. The fourth-order valence-electron chi connectivity index (χ4n) is 3.61. The Morgan fingerprint density at radius 3 is 1.80 bits per heavy atom. The van der Waals surface area contributed by atoms with Crippen LogP contribution in [0.5, 0.6) is 0 Å². The van der Waals surface area contributed by atoms with Gasteiger partial charge in [-0.05, 0) is 62.2 Å². The first kappa shape index (κ1) is 11.2. The van der Waals surface area contributed by atoms with Gasteiger partial charge in [0.25, 0.3) is 0 Å². The highest BCUT2D eigenvalue weighted by Crippen LogP contribution is 2.41. The van der Waals surface area contributed by atoms with Crippen LogP contribution in [-0.2, 0) is 0 Å². The van der Waals surface area contributed by atoms with Crippen molar-refractivity contribution in [1.29, 1.82) is 0 Å². The van der Waals surface area contributed by atoms with Gasteiger partial charge in [0.05, 0.1) is 0 Å². The van der Waals surface area contributed by atoms with E-state index in [9.17, 15) is 0 Å². The molecule has 2 aliphatic rings. The van der Waals surface area contributed by atoms with Gasteiger partial charge < -0.3 is 0 Å². The summed E-state index contributed by atoms with van der Waals surface area (Å²) in [6.07, 6.45) is 14.0. The standard InChI is InChI=1S/C15H26.2H2/c1-3-13-6-10-15(11-7-13)14-8-4-12(2)5-9-14;;/h3,12-15H,1,4-11H2,2H3;2*1H. The van der Waals surface area contributed by atoms with Crippen LogP contribution in [0, 0.1) is 23.7 Å². The lowest BCUT2D eigenvalue weighted by Crippen LogP contribution is -2.24.